The van der Waals surface area contributed by atoms with Crippen molar-refractivity contribution in [3.8, 4) is 5.75 Å². The molecule has 0 saturated heterocycles. The smallest absolute Gasteiger partial charge is 0.417 e. The summed E-state index contributed by atoms with van der Waals surface area (Å²) in [6.07, 6.45) is -4.55. The second-order valence-corrected chi connectivity index (χ2v) is 3.05. The van der Waals surface area contributed by atoms with E-state index in [1.165, 1.54) is 6.07 Å². The molecule has 3 N–H and O–H groups in total. The van der Waals surface area contributed by atoms with E-state index in [-0.39, 0.29) is 17.9 Å². The van der Waals surface area contributed by atoms with Crippen molar-refractivity contribution in [3.05, 3.63) is 29.3 Å². The molecule has 0 radical (unpaired) electrons. The van der Waals surface area contributed by atoms with E-state index in [0.717, 1.165) is 12.1 Å². The molecular weight excluding hydrogens is 221 g/mol. The fourth-order valence-corrected chi connectivity index (χ4v) is 1.25. The van der Waals surface area contributed by atoms with Crippen LogP contribution in [0.3, 0.4) is 0 Å². The first kappa shape index (κ1) is 12.4. The van der Waals surface area contributed by atoms with Gasteiger partial charge < -0.3 is 10.5 Å². The Labute approximate surface area is 90.5 Å². The SMILES string of the molecule is CCOc1ccc(C(=N)N)c(C(F)(F)F)c1. The maximum atomic E-state index is 12.6. The molecule has 0 unspecified atom stereocenters. The molecule has 88 valence electrons. The maximum Gasteiger partial charge on any atom is 0.417 e. The number of halogens is 3. The lowest BCUT2D eigenvalue weighted by Gasteiger charge is -2.13. The van der Waals surface area contributed by atoms with Crippen LogP contribution in [-0.2, 0) is 6.18 Å². The van der Waals surface area contributed by atoms with Gasteiger partial charge in [0.05, 0.1) is 12.2 Å². The Hall–Kier alpha value is -1.72. The van der Waals surface area contributed by atoms with Crippen LogP contribution >= 0.6 is 0 Å². The Balaban J connectivity index is 3.27. The molecule has 0 aliphatic heterocycles. The van der Waals surface area contributed by atoms with Gasteiger partial charge in [-0.15, -0.1) is 0 Å². The van der Waals surface area contributed by atoms with Crippen LogP contribution in [0, 0.1) is 5.41 Å². The molecule has 0 aliphatic rings. The Morgan fingerprint density at radius 1 is 1.44 bits per heavy atom. The zero-order valence-corrected chi connectivity index (χ0v) is 8.56. The van der Waals surface area contributed by atoms with Crippen LogP contribution in [0.5, 0.6) is 5.75 Å². The van der Waals surface area contributed by atoms with Crippen LogP contribution in [0.2, 0.25) is 0 Å². The number of amidine groups is 1. The van der Waals surface area contributed by atoms with Gasteiger partial charge in [-0.05, 0) is 25.1 Å². The Morgan fingerprint density at radius 2 is 2.06 bits per heavy atom. The van der Waals surface area contributed by atoms with Gasteiger partial charge in [0.1, 0.15) is 11.6 Å². The highest BCUT2D eigenvalue weighted by atomic mass is 19.4. The van der Waals surface area contributed by atoms with Crippen LogP contribution in [0.15, 0.2) is 18.2 Å². The van der Waals surface area contributed by atoms with Gasteiger partial charge in [0, 0.05) is 5.56 Å². The standard InChI is InChI=1S/C10H11F3N2O/c1-2-16-6-3-4-7(9(14)15)8(5-6)10(11,12)13/h3-5H,2H2,1H3,(H3,14,15). The van der Waals surface area contributed by atoms with Crippen molar-refractivity contribution >= 4 is 5.84 Å². The van der Waals surface area contributed by atoms with Crippen molar-refractivity contribution < 1.29 is 17.9 Å². The van der Waals surface area contributed by atoms with E-state index >= 15 is 0 Å². The number of alkyl halides is 3. The van der Waals surface area contributed by atoms with Gasteiger partial charge in [-0.25, -0.2) is 0 Å². The number of ether oxygens (including phenoxy) is 1. The predicted molar refractivity (Wildman–Crippen MR) is 53.6 cm³/mol. The lowest BCUT2D eigenvalue weighted by Crippen LogP contribution is -2.18. The topological polar surface area (TPSA) is 59.1 Å². The molecule has 0 fully saturated rings. The van der Waals surface area contributed by atoms with Crippen LogP contribution in [0.4, 0.5) is 13.2 Å². The zero-order chi connectivity index (χ0) is 12.3. The second kappa shape index (κ2) is 4.42. The lowest BCUT2D eigenvalue weighted by atomic mass is 10.1. The molecule has 6 heteroatoms. The first-order valence-electron chi connectivity index (χ1n) is 4.54. The third-order valence-electron chi connectivity index (χ3n) is 1.90. The first-order valence-corrected chi connectivity index (χ1v) is 4.54. The van der Waals surface area contributed by atoms with Crippen molar-refractivity contribution in [2.45, 2.75) is 13.1 Å². The molecule has 3 nitrogen and oxygen atoms in total. The summed E-state index contributed by atoms with van der Waals surface area (Å²) in [6.45, 7) is 1.95. The fraction of sp³-hybridized carbons (Fsp3) is 0.300. The molecule has 0 atom stereocenters. The summed E-state index contributed by atoms with van der Waals surface area (Å²) in [6, 6.07) is 3.34. The van der Waals surface area contributed by atoms with Gasteiger partial charge in [-0.3, -0.25) is 5.41 Å². The van der Waals surface area contributed by atoms with Crippen molar-refractivity contribution in [2.75, 3.05) is 6.61 Å². The molecule has 0 aliphatic carbocycles. The van der Waals surface area contributed by atoms with Crippen molar-refractivity contribution in [1.82, 2.24) is 0 Å². The number of nitrogen functional groups attached to an aromatic ring is 1. The average molecular weight is 232 g/mol. The minimum atomic E-state index is -4.55. The van der Waals surface area contributed by atoms with Gasteiger partial charge in [-0.2, -0.15) is 13.2 Å². The van der Waals surface area contributed by atoms with E-state index in [2.05, 4.69) is 0 Å². The van der Waals surface area contributed by atoms with Crippen LogP contribution < -0.4 is 10.5 Å². The van der Waals surface area contributed by atoms with Crippen LogP contribution in [0.1, 0.15) is 18.1 Å². The van der Waals surface area contributed by atoms with Crippen molar-refractivity contribution in [1.29, 1.82) is 5.41 Å². The summed E-state index contributed by atoms with van der Waals surface area (Å²) in [5.74, 6) is -0.504. The third kappa shape index (κ3) is 2.65. The molecule has 1 aromatic rings. The first-order chi connectivity index (χ1) is 7.36. The molecule has 16 heavy (non-hydrogen) atoms. The zero-order valence-electron chi connectivity index (χ0n) is 8.56. The quantitative estimate of drug-likeness (QED) is 0.621. The maximum absolute atomic E-state index is 12.6. The molecule has 0 heterocycles. The van der Waals surface area contributed by atoms with E-state index in [1.54, 1.807) is 6.92 Å². The number of hydrogen-bond donors (Lipinski definition) is 2. The van der Waals surface area contributed by atoms with E-state index in [4.69, 9.17) is 15.9 Å². The van der Waals surface area contributed by atoms with Crippen LogP contribution in [0.25, 0.3) is 0 Å². The number of benzene rings is 1. The minimum Gasteiger partial charge on any atom is -0.494 e. The highest BCUT2D eigenvalue weighted by molar-refractivity contribution is 5.96. The minimum absolute atomic E-state index is 0.111. The summed E-state index contributed by atoms with van der Waals surface area (Å²) < 4.78 is 42.8. The van der Waals surface area contributed by atoms with Gasteiger partial charge in [0.2, 0.25) is 0 Å². The predicted octanol–water partition coefficient (Wildman–Crippen LogP) is 2.39. The summed E-state index contributed by atoms with van der Waals surface area (Å²) in [7, 11) is 0. The van der Waals surface area contributed by atoms with E-state index < -0.39 is 17.6 Å². The van der Waals surface area contributed by atoms with Crippen LogP contribution in [-0.4, -0.2) is 12.4 Å². The summed E-state index contributed by atoms with van der Waals surface area (Å²) in [4.78, 5) is 0. The van der Waals surface area contributed by atoms with E-state index in [1.807, 2.05) is 0 Å². The van der Waals surface area contributed by atoms with E-state index in [0.29, 0.717) is 0 Å². The largest absolute Gasteiger partial charge is 0.494 e. The molecular formula is C10H11F3N2O. The Morgan fingerprint density at radius 3 is 2.50 bits per heavy atom. The molecule has 0 saturated carbocycles. The van der Waals surface area contributed by atoms with Crippen molar-refractivity contribution in [3.63, 3.8) is 0 Å². The monoisotopic (exact) mass is 232 g/mol. The highest BCUT2D eigenvalue weighted by Crippen LogP contribution is 2.34. The molecule has 0 spiro atoms. The summed E-state index contributed by atoms with van der Waals surface area (Å²) in [5, 5.41) is 7.07. The van der Waals surface area contributed by atoms with Gasteiger partial charge >= 0.3 is 6.18 Å². The third-order valence-corrected chi connectivity index (χ3v) is 1.90. The summed E-state index contributed by atoms with van der Waals surface area (Å²) >= 11 is 0. The lowest BCUT2D eigenvalue weighted by molar-refractivity contribution is -0.137. The number of nitrogens with two attached hydrogens (primary N) is 1. The molecule has 0 bridgehead atoms. The van der Waals surface area contributed by atoms with Gasteiger partial charge in [0.15, 0.2) is 0 Å². The molecule has 1 rings (SSSR count). The Bertz CT molecular complexity index is 402. The Kier molecular flexibility index (Phi) is 3.41. The van der Waals surface area contributed by atoms with E-state index in [9.17, 15) is 13.2 Å². The van der Waals surface area contributed by atoms with Gasteiger partial charge in [0.25, 0.3) is 0 Å². The second-order valence-electron chi connectivity index (χ2n) is 3.05. The molecule has 0 amide bonds. The number of hydrogen-bond acceptors (Lipinski definition) is 2. The normalized spacial score (nSPS) is 11.2. The van der Waals surface area contributed by atoms with Gasteiger partial charge in [-0.1, -0.05) is 0 Å². The fourth-order valence-electron chi connectivity index (χ4n) is 1.25. The highest BCUT2D eigenvalue weighted by Gasteiger charge is 2.34. The number of rotatable bonds is 3. The molecule has 0 aromatic heterocycles. The molecule has 1 aromatic carbocycles. The van der Waals surface area contributed by atoms with Crippen molar-refractivity contribution in [2.24, 2.45) is 5.73 Å². The average Bonchev–Trinajstić information content (AvgIpc) is 2.16. The number of nitrogens with one attached hydrogen (secondary N) is 1. The summed E-state index contributed by atoms with van der Waals surface area (Å²) in [5.41, 5.74) is 3.79.